The molecular formula is C17H19ClO3. The van der Waals surface area contributed by atoms with E-state index in [0.29, 0.717) is 12.0 Å². The summed E-state index contributed by atoms with van der Waals surface area (Å²) in [5, 5.41) is 18.4. The van der Waals surface area contributed by atoms with Gasteiger partial charge in [0, 0.05) is 5.92 Å². The fraction of sp³-hybridized carbons (Fsp3) is 0.294. The first kappa shape index (κ1) is 15.7. The molecular weight excluding hydrogens is 288 g/mol. The van der Waals surface area contributed by atoms with Gasteiger partial charge in [-0.1, -0.05) is 31.2 Å². The Morgan fingerprint density at radius 3 is 1.62 bits per heavy atom. The van der Waals surface area contributed by atoms with Gasteiger partial charge in [0.25, 0.3) is 0 Å². The molecule has 3 rings (SSSR count). The van der Waals surface area contributed by atoms with E-state index in [4.69, 9.17) is 16.3 Å². The van der Waals surface area contributed by atoms with Crippen LogP contribution in [-0.4, -0.2) is 28.8 Å². The van der Waals surface area contributed by atoms with E-state index in [-0.39, 0.29) is 17.4 Å². The Hall–Kier alpha value is -1.71. The van der Waals surface area contributed by atoms with Crippen molar-refractivity contribution in [3.05, 3.63) is 59.7 Å². The molecule has 0 saturated carbocycles. The maximum Gasteiger partial charge on any atom is 0.115 e. The summed E-state index contributed by atoms with van der Waals surface area (Å²) in [5.74, 6) is 1.48. The van der Waals surface area contributed by atoms with Crippen LogP contribution in [0.15, 0.2) is 48.5 Å². The van der Waals surface area contributed by atoms with Gasteiger partial charge in [0.05, 0.1) is 18.6 Å². The smallest absolute Gasteiger partial charge is 0.115 e. The molecule has 1 aliphatic heterocycles. The molecule has 2 aromatic rings. The number of phenols is 2. The Bertz CT molecular complexity index is 502. The summed E-state index contributed by atoms with van der Waals surface area (Å²) < 4.78 is 4.73. The summed E-state index contributed by atoms with van der Waals surface area (Å²) in [6.07, 6.45) is 0.400. The van der Waals surface area contributed by atoms with Crippen LogP contribution in [0, 0.1) is 0 Å². The molecule has 0 radical (unpaired) electrons. The molecule has 1 atom stereocenters. The fourth-order valence-corrected chi connectivity index (χ4v) is 2.05. The van der Waals surface area contributed by atoms with E-state index in [1.54, 1.807) is 24.3 Å². The Morgan fingerprint density at radius 1 is 1.00 bits per heavy atom. The minimum atomic E-state index is 0.251. The third-order valence-corrected chi connectivity index (χ3v) is 3.70. The number of phenolic OH excluding ortho intramolecular Hbond substituents is 2. The molecule has 1 fully saturated rings. The first-order valence-electron chi connectivity index (χ1n) is 6.85. The van der Waals surface area contributed by atoms with Crippen molar-refractivity contribution in [2.24, 2.45) is 0 Å². The van der Waals surface area contributed by atoms with Crippen LogP contribution in [0.5, 0.6) is 11.5 Å². The van der Waals surface area contributed by atoms with Crippen molar-refractivity contribution < 1.29 is 14.9 Å². The number of hydrogen-bond acceptors (Lipinski definition) is 3. The predicted molar refractivity (Wildman–Crippen MR) is 84.2 cm³/mol. The SMILES string of the molecule is CC(c1ccc(O)cc1)c1ccc(O)cc1.ClCC1CO1. The van der Waals surface area contributed by atoms with Crippen molar-refractivity contribution in [2.45, 2.75) is 18.9 Å². The van der Waals surface area contributed by atoms with Gasteiger partial charge in [-0.25, -0.2) is 0 Å². The maximum absolute atomic E-state index is 9.21. The molecule has 4 heteroatoms. The number of ether oxygens (including phenoxy) is 1. The monoisotopic (exact) mass is 306 g/mol. The third-order valence-electron chi connectivity index (χ3n) is 3.36. The van der Waals surface area contributed by atoms with Gasteiger partial charge in [-0.15, -0.1) is 11.6 Å². The lowest BCUT2D eigenvalue weighted by molar-refractivity contribution is 0.425. The van der Waals surface area contributed by atoms with Crippen LogP contribution in [0.3, 0.4) is 0 Å². The summed E-state index contributed by atoms with van der Waals surface area (Å²) in [6, 6.07) is 14.4. The van der Waals surface area contributed by atoms with Gasteiger partial charge in [0.1, 0.15) is 11.5 Å². The highest BCUT2D eigenvalue weighted by atomic mass is 35.5. The molecule has 0 spiro atoms. The molecule has 0 aliphatic carbocycles. The predicted octanol–water partition coefficient (Wildman–Crippen LogP) is 3.87. The second kappa shape index (κ2) is 7.34. The lowest BCUT2D eigenvalue weighted by atomic mass is 9.93. The molecule has 1 unspecified atom stereocenters. The molecule has 1 aliphatic rings. The van der Waals surface area contributed by atoms with Gasteiger partial charge in [0.15, 0.2) is 0 Å². The Balaban J connectivity index is 0.000000272. The zero-order valence-electron chi connectivity index (χ0n) is 11.9. The molecule has 2 aromatic carbocycles. The van der Waals surface area contributed by atoms with Crippen molar-refractivity contribution in [3.8, 4) is 11.5 Å². The summed E-state index contributed by atoms with van der Waals surface area (Å²) in [7, 11) is 0. The molecule has 1 heterocycles. The Morgan fingerprint density at radius 2 is 1.38 bits per heavy atom. The fourth-order valence-electron chi connectivity index (χ4n) is 1.88. The summed E-state index contributed by atoms with van der Waals surface area (Å²) >= 11 is 5.27. The minimum Gasteiger partial charge on any atom is -0.508 e. The molecule has 112 valence electrons. The van der Waals surface area contributed by atoms with Gasteiger partial charge in [0.2, 0.25) is 0 Å². The van der Waals surface area contributed by atoms with Crippen LogP contribution < -0.4 is 0 Å². The lowest BCUT2D eigenvalue weighted by Gasteiger charge is -2.12. The van der Waals surface area contributed by atoms with Crippen molar-refractivity contribution in [1.29, 1.82) is 0 Å². The Labute approximate surface area is 129 Å². The highest BCUT2D eigenvalue weighted by Crippen LogP contribution is 2.26. The van der Waals surface area contributed by atoms with Crippen LogP contribution in [-0.2, 0) is 4.74 Å². The normalized spacial score (nSPS) is 16.2. The van der Waals surface area contributed by atoms with Crippen LogP contribution in [0.2, 0.25) is 0 Å². The zero-order chi connectivity index (χ0) is 15.2. The van der Waals surface area contributed by atoms with Crippen molar-refractivity contribution in [2.75, 3.05) is 12.5 Å². The first-order valence-corrected chi connectivity index (χ1v) is 7.39. The number of rotatable bonds is 3. The average Bonchev–Trinajstić information content (AvgIpc) is 3.33. The second-order valence-corrected chi connectivity index (χ2v) is 5.32. The van der Waals surface area contributed by atoms with Gasteiger partial charge in [-0.2, -0.15) is 0 Å². The number of epoxide rings is 1. The van der Waals surface area contributed by atoms with Gasteiger partial charge >= 0.3 is 0 Å². The van der Waals surface area contributed by atoms with E-state index >= 15 is 0 Å². The number of hydrogen-bond donors (Lipinski definition) is 2. The number of benzene rings is 2. The zero-order valence-corrected chi connectivity index (χ0v) is 12.6. The topological polar surface area (TPSA) is 53.0 Å². The van der Waals surface area contributed by atoms with Gasteiger partial charge in [-0.3, -0.25) is 0 Å². The average molecular weight is 307 g/mol. The van der Waals surface area contributed by atoms with Crippen molar-refractivity contribution in [1.82, 2.24) is 0 Å². The molecule has 21 heavy (non-hydrogen) atoms. The number of alkyl halides is 1. The third kappa shape index (κ3) is 4.96. The number of halogens is 1. The van der Waals surface area contributed by atoms with Crippen LogP contribution in [0.4, 0.5) is 0 Å². The quantitative estimate of drug-likeness (QED) is 0.668. The molecule has 3 nitrogen and oxygen atoms in total. The summed E-state index contributed by atoms with van der Waals surface area (Å²) in [6.45, 7) is 2.97. The molecule has 1 saturated heterocycles. The van der Waals surface area contributed by atoms with Gasteiger partial charge < -0.3 is 14.9 Å². The molecule has 2 N–H and O–H groups in total. The van der Waals surface area contributed by atoms with E-state index in [2.05, 4.69) is 6.92 Å². The number of aromatic hydroxyl groups is 2. The van der Waals surface area contributed by atoms with E-state index in [0.717, 1.165) is 17.7 Å². The van der Waals surface area contributed by atoms with E-state index in [1.165, 1.54) is 0 Å². The molecule has 0 bridgehead atoms. The standard InChI is InChI=1S/C14H14O2.C3H5ClO/c1-10(11-2-6-13(15)7-3-11)12-4-8-14(16)9-5-12;4-1-3-2-5-3/h2-10,15-16H,1H3;3H,1-2H2. The highest BCUT2D eigenvalue weighted by molar-refractivity contribution is 6.18. The van der Waals surface area contributed by atoms with E-state index in [1.807, 2.05) is 24.3 Å². The summed E-state index contributed by atoms with van der Waals surface area (Å²) in [5.41, 5.74) is 2.28. The lowest BCUT2D eigenvalue weighted by Crippen LogP contribution is -1.94. The van der Waals surface area contributed by atoms with Crippen molar-refractivity contribution in [3.63, 3.8) is 0 Å². The summed E-state index contributed by atoms with van der Waals surface area (Å²) in [4.78, 5) is 0. The van der Waals surface area contributed by atoms with Gasteiger partial charge in [-0.05, 0) is 35.4 Å². The maximum atomic E-state index is 9.21. The van der Waals surface area contributed by atoms with Crippen LogP contribution >= 0.6 is 11.6 Å². The van der Waals surface area contributed by atoms with Crippen LogP contribution in [0.1, 0.15) is 24.0 Å². The molecule has 0 amide bonds. The Kier molecular flexibility index (Phi) is 5.48. The van der Waals surface area contributed by atoms with E-state index < -0.39 is 0 Å². The van der Waals surface area contributed by atoms with E-state index in [9.17, 15) is 10.2 Å². The first-order chi connectivity index (χ1) is 10.1. The largest absolute Gasteiger partial charge is 0.508 e. The second-order valence-electron chi connectivity index (χ2n) is 5.01. The highest BCUT2D eigenvalue weighted by Gasteiger charge is 2.19. The van der Waals surface area contributed by atoms with Crippen molar-refractivity contribution >= 4 is 11.6 Å². The molecule has 0 aromatic heterocycles. The minimum absolute atomic E-state index is 0.251. The van der Waals surface area contributed by atoms with Crippen LogP contribution in [0.25, 0.3) is 0 Å².